The van der Waals surface area contributed by atoms with Crippen molar-refractivity contribution < 1.29 is 66.6 Å². The number of rotatable bonds is 12. The fraction of sp³-hybridized carbons (Fsp3) is 0.105. The van der Waals surface area contributed by atoms with Gasteiger partial charge in [-0.25, -0.2) is 52.7 Å². The first-order valence-corrected chi connectivity index (χ1v) is 29.1. The molecule has 0 N–H and O–H groups in total. The lowest BCUT2D eigenvalue weighted by Gasteiger charge is -2.35. The van der Waals surface area contributed by atoms with Gasteiger partial charge < -0.3 is 14.0 Å². The van der Waals surface area contributed by atoms with E-state index in [1.807, 2.05) is 121 Å². The third-order valence-corrected chi connectivity index (χ3v) is 17.5. The first-order chi connectivity index (χ1) is 43.9. The SMILES string of the molecule is Fc1cc(-c2cc(-c3cc(F)c(F)c(F)c3)cc(-c3cc4ccccc4c4c3C[N+]3(Cc5c(-c6cc(-c7cc(F)c(F)c(F)c7)cc(-c7cc(F)c(F)c(F)c7)c6)cc6ccccc6c5-4)C[C@H](OCc4ccccc4)[C@H](OCc4ccccc4)C3)c2)cc(F)c1F. The molecule has 0 aromatic heterocycles. The topological polar surface area (TPSA) is 18.5 Å². The van der Waals surface area contributed by atoms with E-state index < -0.39 is 82.0 Å². The van der Waals surface area contributed by atoms with Crippen LogP contribution in [0.1, 0.15) is 22.3 Å². The van der Waals surface area contributed by atoms with E-state index in [1.54, 1.807) is 24.3 Å². The third-order valence-electron chi connectivity index (χ3n) is 17.5. The Balaban J connectivity index is 1.08. The van der Waals surface area contributed by atoms with Crippen LogP contribution in [-0.4, -0.2) is 29.8 Å². The Hall–Kier alpha value is -9.80. The Labute approximate surface area is 513 Å². The summed E-state index contributed by atoms with van der Waals surface area (Å²) in [6.45, 7) is 1.38. The number of benzene rings is 12. The summed E-state index contributed by atoms with van der Waals surface area (Å²) < 4.78 is 196. The Morgan fingerprint density at radius 1 is 0.297 bits per heavy atom. The van der Waals surface area contributed by atoms with E-state index >= 15 is 35.1 Å². The van der Waals surface area contributed by atoms with Crippen molar-refractivity contribution in [3.05, 3.63) is 298 Å². The van der Waals surface area contributed by atoms with Crippen molar-refractivity contribution in [2.75, 3.05) is 13.1 Å². The van der Waals surface area contributed by atoms with Crippen LogP contribution in [0.3, 0.4) is 0 Å². The Kier molecular flexibility index (Phi) is 15.2. The molecule has 0 aliphatic carbocycles. The van der Waals surface area contributed by atoms with Crippen LogP contribution >= 0.6 is 0 Å². The van der Waals surface area contributed by atoms with E-state index in [-0.39, 0.29) is 75.3 Å². The average Bonchev–Trinajstić information content (AvgIpc) is 1.63. The predicted octanol–water partition coefficient (Wildman–Crippen LogP) is 20.3. The van der Waals surface area contributed by atoms with Crippen LogP contribution in [0.4, 0.5) is 52.7 Å². The molecule has 3 nitrogen and oxygen atoms in total. The number of nitrogens with zero attached hydrogens (tertiary/aromatic N) is 1. The standard InChI is InChI=1S/C76H48F12NO2/c77-61-27-49(28-62(78)73(61)85)45-19-46(50-29-63(79)74(86)64(80)30-50)22-53(21-45)57-25-43-15-7-9-17-55(43)71-59(57)35-89(37-69(90-39-41-11-3-1-4-12-41)70(38-89)91-40-42-13-5-2-6-14-42)36-60-58(26-44-16-8-10-18-56(44)72(60)71)54-23-47(51-31-65(81)75(87)66(82)32-51)20-48(24-54)52-33-67(83)76(88)68(84)34-52/h1-34,69-70H,35-40H2/q+1/t69-,70+. The smallest absolute Gasteiger partial charge is 0.194 e. The minimum Gasteiger partial charge on any atom is -0.365 e. The van der Waals surface area contributed by atoms with Gasteiger partial charge in [-0.2, -0.15) is 0 Å². The van der Waals surface area contributed by atoms with Gasteiger partial charge >= 0.3 is 0 Å². The second-order valence-electron chi connectivity index (χ2n) is 23.3. The zero-order valence-electron chi connectivity index (χ0n) is 47.8. The number of fused-ring (bicyclic) bond motifs is 7. The minimum absolute atomic E-state index is 0.102. The molecule has 2 aliphatic heterocycles. The van der Waals surface area contributed by atoms with Crippen LogP contribution in [0.5, 0.6) is 0 Å². The molecule has 15 heteroatoms. The molecule has 2 aliphatic rings. The summed E-state index contributed by atoms with van der Waals surface area (Å²) in [5.41, 5.74) is 6.35. The van der Waals surface area contributed by atoms with Gasteiger partial charge in [-0.3, -0.25) is 0 Å². The van der Waals surface area contributed by atoms with Crippen molar-refractivity contribution in [2.24, 2.45) is 0 Å². The van der Waals surface area contributed by atoms with Crippen molar-refractivity contribution in [3.8, 4) is 77.9 Å². The van der Waals surface area contributed by atoms with Gasteiger partial charge in [-0.05, 0) is 196 Å². The first-order valence-electron chi connectivity index (χ1n) is 29.1. The zero-order valence-corrected chi connectivity index (χ0v) is 47.8. The van der Waals surface area contributed by atoms with E-state index in [4.69, 9.17) is 9.47 Å². The van der Waals surface area contributed by atoms with E-state index in [9.17, 15) is 17.6 Å². The highest BCUT2D eigenvalue weighted by Crippen LogP contribution is 2.53. The van der Waals surface area contributed by atoms with Crippen LogP contribution in [0.25, 0.3) is 99.4 Å². The normalized spacial score (nSPS) is 15.1. The lowest BCUT2D eigenvalue weighted by Crippen LogP contribution is -2.45. The molecule has 0 unspecified atom stereocenters. The Morgan fingerprint density at radius 2 is 0.560 bits per heavy atom. The summed E-state index contributed by atoms with van der Waals surface area (Å²) in [7, 11) is 0. The fourth-order valence-electron chi connectivity index (χ4n) is 13.3. The number of ether oxygens (including phenoxy) is 2. The van der Waals surface area contributed by atoms with Gasteiger partial charge in [0.05, 0.1) is 13.2 Å². The van der Waals surface area contributed by atoms with Crippen molar-refractivity contribution in [1.29, 1.82) is 0 Å². The van der Waals surface area contributed by atoms with Gasteiger partial charge in [0.25, 0.3) is 0 Å². The summed E-state index contributed by atoms with van der Waals surface area (Å²) in [5.74, 6) is -18.9. The molecular weight excluding hydrogens is 1190 g/mol. The van der Waals surface area contributed by atoms with E-state index in [0.717, 1.165) is 70.4 Å². The van der Waals surface area contributed by atoms with Crippen molar-refractivity contribution in [2.45, 2.75) is 38.5 Å². The molecule has 0 saturated carbocycles. The summed E-state index contributed by atoms with van der Waals surface area (Å²) >= 11 is 0. The Morgan fingerprint density at radius 3 is 0.868 bits per heavy atom. The van der Waals surface area contributed by atoms with Crippen molar-refractivity contribution >= 4 is 21.5 Å². The second kappa shape index (κ2) is 23.5. The fourth-order valence-corrected chi connectivity index (χ4v) is 13.3. The van der Waals surface area contributed by atoms with Gasteiger partial charge in [0.2, 0.25) is 0 Å². The molecule has 12 aromatic carbocycles. The average molecular weight is 1240 g/mol. The molecule has 0 bridgehead atoms. The highest BCUT2D eigenvalue weighted by Gasteiger charge is 2.50. The number of halogens is 12. The third kappa shape index (κ3) is 11.1. The second-order valence-corrected chi connectivity index (χ2v) is 23.3. The molecule has 0 amide bonds. The van der Waals surface area contributed by atoms with Gasteiger partial charge in [0, 0.05) is 22.3 Å². The molecule has 0 radical (unpaired) electrons. The molecule has 1 saturated heterocycles. The molecule has 2 heterocycles. The maximum atomic E-state index is 15.4. The van der Waals surface area contributed by atoms with Crippen molar-refractivity contribution in [1.82, 2.24) is 0 Å². The van der Waals surface area contributed by atoms with Crippen molar-refractivity contribution in [3.63, 3.8) is 0 Å². The monoisotopic (exact) mass is 1230 g/mol. The largest absolute Gasteiger partial charge is 0.365 e. The summed E-state index contributed by atoms with van der Waals surface area (Å²) in [6.07, 6.45) is -1.19. The quantitative estimate of drug-likeness (QED) is 0.0689. The van der Waals surface area contributed by atoms with Gasteiger partial charge in [-0.1, -0.05) is 109 Å². The summed E-state index contributed by atoms with van der Waals surface area (Å²) in [6, 6.07) is 54.1. The van der Waals surface area contributed by atoms with Crippen LogP contribution in [0, 0.1) is 69.8 Å². The van der Waals surface area contributed by atoms with Gasteiger partial charge in [-0.15, -0.1) is 0 Å². The highest BCUT2D eigenvalue weighted by molar-refractivity contribution is 6.12. The zero-order chi connectivity index (χ0) is 63.0. The van der Waals surface area contributed by atoms with Crippen LogP contribution in [0.15, 0.2) is 206 Å². The van der Waals surface area contributed by atoms with E-state index in [0.29, 0.717) is 68.4 Å². The van der Waals surface area contributed by atoms with Gasteiger partial charge in [0.1, 0.15) is 38.4 Å². The molecule has 91 heavy (non-hydrogen) atoms. The summed E-state index contributed by atoms with van der Waals surface area (Å²) in [4.78, 5) is 0. The Bertz CT molecular complexity index is 4350. The molecular formula is C76H48F12NO2+. The number of quaternary nitrogens is 1. The van der Waals surface area contributed by atoms with Crippen LogP contribution < -0.4 is 0 Å². The lowest BCUT2D eigenvalue weighted by molar-refractivity contribution is -0.944. The maximum absolute atomic E-state index is 15.4. The number of hydrogen-bond donors (Lipinski definition) is 0. The lowest BCUT2D eigenvalue weighted by atomic mass is 9.81. The molecule has 1 fully saturated rings. The first kappa shape index (κ1) is 58.9. The van der Waals surface area contributed by atoms with Crippen LogP contribution in [0.2, 0.25) is 0 Å². The number of hydrogen-bond acceptors (Lipinski definition) is 2. The minimum atomic E-state index is -1.72. The molecule has 1 spiro atoms. The predicted molar refractivity (Wildman–Crippen MR) is 326 cm³/mol. The molecule has 452 valence electrons. The molecule has 14 rings (SSSR count). The van der Waals surface area contributed by atoms with Crippen LogP contribution in [-0.2, 0) is 35.8 Å². The van der Waals surface area contributed by atoms with E-state index in [1.165, 1.54) is 12.1 Å². The van der Waals surface area contributed by atoms with Gasteiger partial charge in [0.15, 0.2) is 69.8 Å². The maximum Gasteiger partial charge on any atom is 0.194 e. The molecule has 2 atom stereocenters. The van der Waals surface area contributed by atoms with E-state index in [2.05, 4.69) is 0 Å². The summed E-state index contributed by atoms with van der Waals surface area (Å²) in [5, 5.41) is 2.89. The highest BCUT2D eigenvalue weighted by atomic mass is 19.2. The molecule has 12 aromatic rings.